The molecule has 0 aromatic heterocycles. The highest BCUT2D eigenvalue weighted by Crippen LogP contribution is 2.35. The summed E-state index contributed by atoms with van der Waals surface area (Å²) in [6.45, 7) is 1.26. The lowest BCUT2D eigenvalue weighted by molar-refractivity contribution is -0.131. The van der Waals surface area contributed by atoms with Gasteiger partial charge in [-0.25, -0.2) is 0 Å². The zero-order valence-electron chi connectivity index (χ0n) is 15.3. The van der Waals surface area contributed by atoms with Crippen LogP contribution < -0.4 is 14.8 Å². The molecular weight excluding hydrogens is 561 g/mol. The highest BCUT2D eigenvalue weighted by atomic mass is 79.9. The van der Waals surface area contributed by atoms with Gasteiger partial charge in [-0.2, -0.15) is 0 Å². The lowest BCUT2D eigenvalue weighted by Gasteiger charge is -2.13. The minimum Gasteiger partial charge on any atom is -0.456 e. The van der Waals surface area contributed by atoms with E-state index in [-0.39, 0.29) is 11.3 Å². The molecule has 9 heteroatoms. The molecule has 0 saturated carbocycles. The van der Waals surface area contributed by atoms with E-state index < -0.39 is 11.9 Å². The highest BCUT2D eigenvalue weighted by molar-refractivity contribution is 9.11. The number of hydrogen-bond acceptors (Lipinski definition) is 4. The molecule has 0 aliphatic heterocycles. The molecule has 0 unspecified atom stereocenters. The van der Waals surface area contributed by atoms with Crippen LogP contribution in [0.3, 0.4) is 0 Å². The van der Waals surface area contributed by atoms with Crippen LogP contribution in [0.2, 0.25) is 10.0 Å². The molecule has 0 atom stereocenters. The van der Waals surface area contributed by atoms with E-state index in [9.17, 15) is 9.59 Å². The van der Waals surface area contributed by atoms with E-state index in [1.165, 1.54) is 6.92 Å². The lowest BCUT2D eigenvalue weighted by atomic mass is 10.1. The van der Waals surface area contributed by atoms with E-state index in [2.05, 4.69) is 37.2 Å². The smallest absolute Gasteiger partial charge is 0.308 e. The summed E-state index contributed by atoms with van der Waals surface area (Å²) in [5, 5.41) is 3.64. The van der Waals surface area contributed by atoms with Crippen LogP contribution in [-0.2, 0) is 4.79 Å². The molecular formula is C21H13Br2Cl2NO4. The molecule has 3 aromatic carbocycles. The summed E-state index contributed by atoms with van der Waals surface area (Å²) in [5.41, 5.74) is 0.613. The fourth-order valence-corrected chi connectivity index (χ4v) is 4.12. The van der Waals surface area contributed by atoms with Crippen LogP contribution in [0.25, 0.3) is 0 Å². The Morgan fingerprint density at radius 2 is 1.67 bits per heavy atom. The summed E-state index contributed by atoms with van der Waals surface area (Å²) in [4.78, 5) is 24.2. The van der Waals surface area contributed by atoms with Gasteiger partial charge in [0.2, 0.25) is 0 Å². The lowest BCUT2D eigenvalue weighted by Crippen LogP contribution is -2.15. The second-order valence-electron chi connectivity index (χ2n) is 6.01. The Bertz CT molecular complexity index is 1120. The van der Waals surface area contributed by atoms with E-state index in [1.807, 2.05) is 0 Å². The Balaban J connectivity index is 1.81. The zero-order valence-corrected chi connectivity index (χ0v) is 20.0. The molecule has 0 bridgehead atoms. The van der Waals surface area contributed by atoms with E-state index in [1.54, 1.807) is 54.6 Å². The van der Waals surface area contributed by atoms with Crippen molar-refractivity contribution in [1.82, 2.24) is 0 Å². The number of amides is 1. The van der Waals surface area contributed by atoms with Crippen molar-refractivity contribution in [2.24, 2.45) is 0 Å². The molecule has 3 aromatic rings. The fourth-order valence-electron chi connectivity index (χ4n) is 2.47. The normalized spacial score (nSPS) is 10.4. The largest absolute Gasteiger partial charge is 0.456 e. The number of carbonyl (C=O) groups is 2. The number of nitrogens with one attached hydrogen (secondary N) is 1. The topological polar surface area (TPSA) is 64.6 Å². The number of halogens is 4. The molecule has 0 heterocycles. The van der Waals surface area contributed by atoms with Crippen LogP contribution in [0, 0.1) is 0 Å². The van der Waals surface area contributed by atoms with Crippen molar-refractivity contribution < 1.29 is 19.1 Å². The first-order valence-corrected chi connectivity index (χ1v) is 10.8. The van der Waals surface area contributed by atoms with Gasteiger partial charge in [-0.15, -0.1) is 0 Å². The van der Waals surface area contributed by atoms with Gasteiger partial charge in [0, 0.05) is 22.1 Å². The molecule has 3 rings (SSSR count). The first-order chi connectivity index (χ1) is 14.2. The van der Waals surface area contributed by atoms with E-state index >= 15 is 0 Å². The van der Waals surface area contributed by atoms with Gasteiger partial charge in [0.05, 0.1) is 15.1 Å². The molecule has 0 fully saturated rings. The Labute approximate surface area is 199 Å². The Hall–Kier alpha value is -2.06. The minimum absolute atomic E-state index is 0.122. The van der Waals surface area contributed by atoms with Crippen molar-refractivity contribution >= 4 is 72.6 Å². The second-order valence-corrected chi connectivity index (χ2v) is 8.63. The average molecular weight is 574 g/mol. The summed E-state index contributed by atoms with van der Waals surface area (Å²) in [5.74, 6) is 0.0948. The molecule has 154 valence electrons. The monoisotopic (exact) mass is 571 g/mol. The summed E-state index contributed by atoms with van der Waals surface area (Å²) in [7, 11) is 0. The average Bonchev–Trinajstić information content (AvgIpc) is 2.67. The number of ether oxygens (including phenoxy) is 2. The van der Waals surface area contributed by atoms with E-state index in [0.717, 1.165) is 0 Å². The predicted molar refractivity (Wildman–Crippen MR) is 124 cm³/mol. The quantitative estimate of drug-likeness (QED) is 0.254. The number of anilines is 1. The molecule has 0 radical (unpaired) electrons. The summed E-state index contributed by atoms with van der Waals surface area (Å²) >= 11 is 18.8. The van der Waals surface area contributed by atoms with Gasteiger partial charge in [-0.05, 0) is 70.5 Å². The van der Waals surface area contributed by atoms with Crippen LogP contribution in [0.4, 0.5) is 5.69 Å². The zero-order chi connectivity index (χ0) is 21.8. The van der Waals surface area contributed by atoms with E-state index in [4.69, 9.17) is 32.7 Å². The first kappa shape index (κ1) is 22.6. The number of benzene rings is 3. The van der Waals surface area contributed by atoms with Crippen molar-refractivity contribution in [3.8, 4) is 17.2 Å². The molecule has 5 nitrogen and oxygen atoms in total. The third-order valence-electron chi connectivity index (χ3n) is 3.73. The number of rotatable bonds is 5. The molecule has 1 amide bonds. The minimum atomic E-state index is -0.543. The van der Waals surface area contributed by atoms with Crippen molar-refractivity contribution in [3.05, 3.63) is 79.2 Å². The van der Waals surface area contributed by atoms with Crippen molar-refractivity contribution in [2.75, 3.05) is 5.32 Å². The molecule has 30 heavy (non-hydrogen) atoms. The highest BCUT2D eigenvalue weighted by Gasteiger charge is 2.19. The maximum atomic E-state index is 12.8. The van der Waals surface area contributed by atoms with E-state index in [0.29, 0.717) is 36.2 Å². The summed E-state index contributed by atoms with van der Waals surface area (Å²) in [6, 6.07) is 14.9. The third-order valence-corrected chi connectivity index (χ3v) is 5.32. The molecule has 1 N–H and O–H groups in total. The van der Waals surface area contributed by atoms with Crippen molar-refractivity contribution in [1.29, 1.82) is 0 Å². The molecule has 0 spiro atoms. The molecule has 0 aliphatic rings. The standard InChI is InChI=1S/C21H13Br2Cl2NO4/c1-11(27)29-20-16(8-12(22)9-17(20)23)21(28)26-14-4-7-19(18(25)10-14)30-15-5-2-13(24)3-6-15/h2-10H,1H3,(H,26,28). The van der Waals surface area contributed by atoms with Crippen molar-refractivity contribution in [2.45, 2.75) is 6.92 Å². The fraction of sp³-hybridized carbons (Fsp3) is 0.0476. The molecule has 0 aliphatic carbocycles. The molecule has 0 saturated heterocycles. The Morgan fingerprint density at radius 1 is 0.967 bits per heavy atom. The van der Waals surface area contributed by atoms with Crippen LogP contribution in [-0.4, -0.2) is 11.9 Å². The number of esters is 1. The van der Waals surface area contributed by atoms with Gasteiger partial charge in [0.1, 0.15) is 11.5 Å². The van der Waals surface area contributed by atoms with Crippen molar-refractivity contribution in [3.63, 3.8) is 0 Å². The Kier molecular flexibility index (Phi) is 7.41. The maximum absolute atomic E-state index is 12.8. The van der Waals surface area contributed by atoms with Gasteiger partial charge < -0.3 is 14.8 Å². The SMILES string of the molecule is CC(=O)Oc1c(Br)cc(Br)cc1C(=O)Nc1ccc(Oc2ccc(Cl)cc2)c(Cl)c1. The first-order valence-electron chi connectivity index (χ1n) is 8.44. The van der Waals surface area contributed by atoms with Gasteiger partial charge in [-0.3, -0.25) is 9.59 Å². The van der Waals surface area contributed by atoms with Crippen LogP contribution in [0.5, 0.6) is 17.2 Å². The number of carbonyl (C=O) groups excluding carboxylic acids is 2. The van der Waals surface area contributed by atoms with Crippen LogP contribution >= 0.6 is 55.1 Å². The summed E-state index contributed by atoms with van der Waals surface area (Å²) in [6.07, 6.45) is 0. The van der Waals surface area contributed by atoms with Crippen LogP contribution in [0.15, 0.2) is 63.5 Å². The summed E-state index contributed by atoms with van der Waals surface area (Å²) < 4.78 is 12.0. The number of hydrogen-bond donors (Lipinski definition) is 1. The van der Waals surface area contributed by atoms with Gasteiger partial charge in [-0.1, -0.05) is 39.1 Å². The Morgan fingerprint density at radius 3 is 2.30 bits per heavy atom. The second kappa shape index (κ2) is 9.83. The van der Waals surface area contributed by atoms with Gasteiger partial charge in [0.15, 0.2) is 5.75 Å². The predicted octanol–water partition coefficient (Wildman–Crippen LogP) is 7.49. The maximum Gasteiger partial charge on any atom is 0.308 e. The van der Waals surface area contributed by atoms with Crippen LogP contribution in [0.1, 0.15) is 17.3 Å². The van der Waals surface area contributed by atoms with Gasteiger partial charge in [0.25, 0.3) is 5.91 Å². The third kappa shape index (κ3) is 5.76. The van der Waals surface area contributed by atoms with Gasteiger partial charge >= 0.3 is 5.97 Å².